The quantitative estimate of drug-likeness (QED) is 0.640. The minimum Gasteiger partial charge on any atom is -0.351 e. The topological polar surface area (TPSA) is 127 Å². The third kappa shape index (κ3) is 3.41. The molecule has 1 aromatic heterocycles. The van der Waals surface area contributed by atoms with Crippen LogP contribution < -0.4 is 10.9 Å². The summed E-state index contributed by atoms with van der Waals surface area (Å²) >= 11 is 0. The summed E-state index contributed by atoms with van der Waals surface area (Å²) in [5, 5.41) is 14.0. The second kappa shape index (κ2) is 5.82. The van der Waals surface area contributed by atoms with E-state index in [1.54, 1.807) is 6.92 Å². The fourth-order valence-corrected chi connectivity index (χ4v) is 1.45. The summed E-state index contributed by atoms with van der Waals surface area (Å²) in [6.45, 7) is 1.65. The van der Waals surface area contributed by atoms with Crippen molar-refractivity contribution >= 4 is 17.5 Å². The van der Waals surface area contributed by atoms with E-state index in [2.05, 4.69) is 16.0 Å². The average molecular weight is 290 g/mol. The fourth-order valence-electron chi connectivity index (χ4n) is 1.45. The number of nitrogens with one attached hydrogen (secondary N) is 2. The van der Waals surface area contributed by atoms with Crippen molar-refractivity contribution in [2.75, 3.05) is 0 Å². The van der Waals surface area contributed by atoms with Gasteiger partial charge in [0, 0.05) is 23.8 Å². The molecule has 0 atom stereocenters. The maximum absolute atomic E-state index is 11.7. The summed E-state index contributed by atoms with van der Waals surface area (Å²) in [7, 11) is 0. The van der Waals surface area contributed by atoms with Crippen molar-refractivity contribution in [3.63, 3.8) is 0 Å². The van der Waals surface area contributed by atoms with Gasteiger partial charge in [-0.05, 0) is 19.1 Å². The number of carbonyl (C=O) groups is 2. The Bertz CT molecular complexity index is 692. The van der Waals surface area contributed by atoms with Crippen LogP contribution in [0.1, 0.15) is 26.6 Å². The second-order valence-corrected chi connectivity index (χ2v) is 4.04. The molecule has 2 amide bonds. The molecule has 21 heavy (non-hydrogen) atoms. The first-order valence-corrected chi connectivity index (χ1v) is 5.76. The number of hydrazine groups is 1. The summed E-state index contributed by atoms with van der Waals surface area (Å²) in [4.78, 5) is 33.2. The molecule has 0 aliphatic carbocycles. The molecule has 0 saturated carbocycles. The molecule has 0 bridgehead atoms. The van der Waals surface area contributed by atoms with Gasteiger partial charge in [0.1, 0.15) is 0 Å². The number of carbonyl (C=O) groups excluding carboxylic acids is 2. The number of aromatic nitrogens is 1. The number of hydrogen-bond donors (Lipinski definition) is 2. The summed E-state index contributed by atoms with van der Waals surface area (Å²) < 4.78 is 4.72. The molecule has 108 valence electrons. The van der Waals surface area contributed by atoms with Crippen LogP contribution >= 0.6 is 0 Å². The van der Waals surface area contributed by atoms with Crippen molar-refractivity contribution < 1.29 is 19.0 Å². The number of nitrogens with zero attached hydrogens (tertiary/aromatic N) is 2. The molecular weight excluding hydrogens is 280 g/mol. The van der Waals surface area contributed by atoms with Gasteiger partial charge in [0.2, 0.25) is 5.76 Å². The molecule has 0 saturated heterocycles. The van der Waals surface area contributed by atoms with E-state index in [0.29, 0.717) is 5.69 Å². The van der Waals surface area contributed by atoms with E-state index in [1.807, 2.05) is 0 Å². The van der Waals surface area contributed by atoms with E-state index >= 15 is 0 Å². The van der Waals surface area contributed by atoms with Crippen LogP contribution in [-0.4, -0.2) is 21.9 Å². The molecule has 9 nitrogen and oxygen atoms in total. The predicted octanol–water partition coefficient (Wildman–Crippen LogP) is 0.966. The minimum absolute atomic E-state index is 0.0449. The first kappa shape index (κ1) is 14.2. The highest BCUT2D eigenvalue weighted by atomic mass is 16.6. The van der Waals surface area contributed by atoms with Crippen LogP contribution in [0.25, 0.3) is 0 Å². The van der Waals surface area contributed by atoms with Gasteiger partial charge in [-0.1, -0.05) is 5.16 Å². The zero-order valence-electron chi connectivity index (χ0n) is 10.8. The molecule has 1 heterocycles. The number of amides is 2. The van der Waals surface area contributed by atoms with Gasteiger partial charge in [0.15, 0.2) is 0 Å². The Morgan fingerprint density at radius 1 is 1.19 bits per heavy atom. The molecular formula is C12H10N4O5. The number of hydrogen-bond acceptors (Lipinski definition) is 6. The monoisotopic (exact) mass is 290 g/mol. The van der Waals surface area contributed by atoms with Gasteiger partial charge in [0.25, 0.3) is 11.6 Å². The minimum atomic E-state index is -0.661. The third-order valence-electron chi connectivity index (χ3n) is 2.48. The van der Waals surface area contributed by atoms with Crippen LogP contribution in [0.4, 0.5) is 5.69 Å². The van der Waals surface area contributed by atoms with Gasteiger partial charge in [-0.25, -0.2) is 0 Å². The zero-order chi connectivity index (χ0) is 15.4. The molecule has 0 aliphatic heterocycles. The van der Waals surface area contributed by atoms with Crippen molar-refractivity contribution in [3.05, 3.63) is 57.5 Å². The van der Waals surface area contributed by atoms with E-state index in [-0.39, 0.29) is 17.0 Å². The van der Waals surface area contributed by atoms with Crippen molar-refractivity contribution in [2.24, 2.45) is 0 Å². The highest BCUT2D eigenvalue weighted by Gasteiger charge is 2.14. The van der Waals surface area contributed by atoms with Gasteiger partial charge in [-0.3, -0.25) is 30.6 Å². The maximum Gasteiger partial charge on any atom is 0.308 e. The van der Waals surface area contributed by atoms with E-state index in [4.69, 9.17) is 4.52 Å². The van der Waals surface area contributed by atoms with Crippen LogP contribution in [-0.2, 0) is 0 Å². The standard InChI is InChI=1S/C12H10N4O5/c1-7-6-10(21-15-7)12(18)14-13-11(17)8-2-4-9(5-3-8)16(19)20/h2-6H,1H3,(H,13,17)(H,14,18). The number of non-ortho nitro benzene ring substituents is 1. The zero-order valence-corrected chi connectivity index (χ0v) is 10.8. The summed E-state index contributed by atoms with van der Waals surface area (Å²) in [6.07, 6.45) is 0. The van der Waals surface area contributed by atoms with E-state index in [0.717, 1.165) is 0 Å². The SMILES string of the molecule is Cc1cc(C(=O)NNC(=O)c2ccc([N+](=O)[O-])cc2)on1. The number of nitro benzene ring substituents is 1. The number of nitro groups is 1. The molecule has 0 aliphatic rings. The molecule has 0 unspecified atom stereocenters. The molecule has 2 aromatic rings. The lowest BCUT2D eigenvalue weighted by atomic mass is 10.2. The Kier molecular flexibility index (Phi) is 3.93. The van der Waals surface area contributed by atoms with Gasteiger partial charge < -0.3 is 4.52 Å². The number of aryl methyl sites for hydroxylation is 1. The first-order chi connectivity index (χ1) is 9.97. The molecule has 1 aromatic carbocycles. The fraction of sp³-hybridized carbons (Fsp3) is 0.0833. The maximum atomic E-state index is 11.7. The Labute approximate surface area is 118 Å². The Morgan fingerprint density at radius 2 is 1.81 bits per heavy atom. The lowest BCUT2D eigenvalue weighted by Gasteiger charge is -2.05. The Morgan fingerprint density at radius 3 is 2.33 bits per heavy atom. The smallest absolute Gasteiger partial charge is 0.308 e. The van der Waals surface area contributed by atoms with Gasteiger partial charge in [-0.15, -0.1) is 0 Å². The van der Waals surface area contributed by atoms with Gasteiger partial charge in [-0.2, -0.15) is 0 Å². The third-order valence-corrected chi connectivity index (χ3v) is 2.48. The van der Waals surface area contributed by atoms with Gasteiger partial charge >= 0.3 is 5.91 Å². The number of rotatable bonds is 3. The first-order valence-electron chi connectivity index (χ1n) is 5.76. The molecule has 0 spiro atoms. The van der Waals surface area contributed by atoms with Gasteiger partial charge in [0.05, 0.1) is 10.6 Å². The molecule has 2 rings (SSSR count). The van der Waals surface area contributed by atoms with Crippen LogP contribution in [0, 0.1) is 17.0 Å². The van der Waals surface area contributed by atoms with Crippen molar-refractivity contribution in [2.45, 2.75) is 6.92 Å². The number of benzene rings is 1. The van der Waals surface area contributed by atoms with Crippen LogP contribution in [0.15, 0.2) is 34.9 Å². The van der Waals surface area contributed by atoms with E-state index in [1.165, 1.54) is 30.3 Å². The van der Waals surface area contributed by atoms with Crippen LogP contribution in [0.2, 0.25) is 0 Å². The summed E-state index contributed by atoms with van der Waals surface area (Å²) in [6, 6.07) is 6.34. The molecule has 0 fully saturated rings. The largest absolute Gasteiger partial charge is 0.351 e. The lowest BCUT2D eigenvalue weighted by Crippen LogP contribution is -2.41. The summed E-state index contributed by atoms with van der Waals surface area (Å²) in [5.41, 5.74) is 4.86. The Hall–Kier alpha value is -3.23. The lowest BCUT2D eigenvalue weighted by molar-refractivity contribution is -0.384. The molecule has 9 heteroatoms. The van der Waals surface area contributed by atoms with E-state index < -0.39 is 16.7 Å². The average Bonchev–Trinajstić information content (AvgIpc) is 2.91. The van der Waals surface area contributed by atoms with E-state index in [9.17, 15) is 19.7 Å². The second-order valence-electron chi connectivity index (χ2n) is 4.04. The molecule has 2 N–H and O–H groups in total. The van der Waals surface area contributed by atoms with Crippen LogP contribution in [0.5, 0.6) is 0 Å². The van der Waals surface area contributed by atoms with Crippen molar-refractivity contribution in [1.29, 1.82) is 0 Å². The normalized spacial score (nSPS) is 9.95. The Balaban J connectivity index is 1.95. The molecule has 0 radical (unpaired) electrons. The highest BCUT2D eigenvalue weighted by molar-refractivity contribution is 5.98. The van der Waals surface area contributed by atoms with Crippen LogP contribution in [0.3, 0.4) is 0 Å². The summed E-state index contributed by atoms with van der Waals surface area (Å²) in [5.74, 6) is -1.32. The van der Waals surface area contributed by atoms with Crippen molar-refractivity contribution in [3.8, 4) is 0 Å². The highest BCUT2D eigenvalue weighted by Crippen LogP contribution is 2.11. The van der Waals surface area contributed by atoms with Crippen molar-refractivity contribution in [1.82, 2.24) is 16.0 Å². The predicted molar refractivity (Wildman–Crippen MR) is 69.3 cm³/mol.